The topological polar surface area (TPSA) is 77.0 Å². The molecule has 1 atom stereocenters. The lowest BCUT2D eigenvalue weighted by Gasteiger charge is -2.29. The maximum atomic E-state index is 12.8. The Morgan fingerprint density at radius 3 is 2.79 bits per heavy atom. The number of benzene rings is 1. The van der Waals surface area contributed by atoms with Gasteiger partial charge in [0.25, 0.3) is 0 Å². The van der Waals surface area contributed by atoms with Gasteiger partial charge in [-0.2, -0.15) is 0 Å². The van der Waals surface area contributed by atoms with Crippen LogP contribution in [0.3, 0.4) is 0 Å². The summed E-state index contributed by atoms with van der Waals surface area (Å²) in [6.45, 7) is 6.22. The Kier molecular flexibility index (Phi) is 6.54. The number of hydrogen-bond donors (Lipinski definition) is 2. The van der Waals surface area contributed by atoms with Gasteiger partial charge in [-0.3, -0.25) is 14.6 Å². The number of anilines is 1. The second kappa shape index (κ2) is 9.08. The van der Waals surface area contributed by atoms with E-state index in [0.717, 1.165) is 38.0 Å². The molecule has 28 heavy (non-hydrogen) atoms. The van der Waals surface area contributed by atoms with Crippen molar-refractivity contribution in [3.8, 4) is 0 Å². The first-order chi connectivity index (χ1) is 13.5. The van der Waals surface area contributed by atoms with Crippen LogP contribution in [0, 0.1) is 5.92 Å². The minimum absolute atomic E-state index is 0.0150. The van der Waals surface area contributed by atoms with E-state index in [0.29, 0.717) is 12.5 Å². The van der Waals surface area contributed by atoms with E-state index in [9.17, 15) is 9.59 Å². The molecule has 7 heteroatoms. The van der Waals surface area contributed by atoms with E-state index in [2.05, 4.69) is 21.7 Å². The predicted octanol–water partition coefficient (Wildman–Crippen LogP) is 1.39. The van der Waals surface area contributed by atoms with Gasteiger partial charge >= 0.3 is 0 Å². The van der Waals surface area contributed by atoms with Crippen LogP contribution in [0.15, 0.2) is 29.3 Å². The van der Waals surface area contributed by atoms with Gasteiger partial charge in [-0.25, -0.2) is 0 Å². The van der Waals surface area contributed by atoms with Crippen LogP contribution in [-0.4, -0.2) is 61.9 Å². The van der Waals surface area contributed by atoms with Crippen LogP contribution in [0.25, 0.3) is 0 Å². The average Bonchev–Trinajstić information content (AvgIpc) is 3.18. The molecule has 3 rings (SSSR count). The Morgan fingerprint density at radius 1 is 1.25 bits per heavy atom. The van der Waals surface area contributed by atoms with Crippen molar-refractivity contribution in [2.75, 3.05) is 38.1 Å². The number of carbonyl (C=O) groups excluding carboxylic acids is 2. The summed E-state index contributed by atoms with van der Waals surface area (Å²) in [5.74, 6) is 0.841. The maximum absolute atomic E-state index is 12.8. The highest BCUT2D eigenvalue weighted by molar-refractivity contribution is 5.98. The fourth-order valence-electron chi connectivity index (χ4n) is 3.88. The molecular weight excluding hydrogens is 354 g/mol. The fourth-order valence-corrected chi connectivity index (χ4v) is 3.88. The smallest absolute Gasteiger partial charge is 0.246 e. The van der Waals surface area contributed by atoms with Gasteiger partial charge in [-0.05, 0) is 30.9 Å². The molecule has 1 fully saturated rings. The molecule has 1 aromatic rings. The van der Waals surface area contributed by atoms with E-state index in [1.165, 1.54) is 5.56 Å². The number of hydrogen-bond acceptors (Lipinski definition) is 3. The summed E-state index contributed by atoms with van der Waals surface area (Å²) in [4.78, 5) is 32.9. The van der Waals surface area contributed by atoms with Gasteiger partial charge in [0.05, 0.1) is 6.54 Å². The van der Waals surface area contributed by atoms with Crippen LogP contribution in [0.1, 0.15) is 32.3 Å². The van der Waals surface area contributed by atoms with Gasteiger partial charge < -0.3 is 20.4 Å². The summed E-state index contributed by atoms with van der Waals surface area (Å²) < 4.78 is 0. The van der Waals surface area contributed by atoms with Crippen molar-refractivity contribution in [3.05, 3.63) is 29.8 Å². The van der Waals surface area contributed by atoms with Crippen LogP contribution in [0.2, 0.25) is 0 Å². The molecule has 2 aliphatic rings. The largest absolute Gasteiger partial charge is 0.352 e. The SMILES string of the molecule is CN=C(NCC(=O)N1CCCc2ccccc21)NC1CCN(C(=O)C(C)C)C1. The van der Waals surface area contributed by atoms with E-state index >= 15 is 0 Å². The van der Waals surface area contributed by atoms with E-state index < -0.39 is 0 Å². The first-order valence-corrected chi connectivity index (χ1v) is 10.1. The fraction of sp³-hybridized carbons (Fsp3) is 0.571. The molecule has 7 nitrogen and oxygen atoms in total. The van der Waals surface area contributed by atoms with Crippen molar-refractivity contribution in [3.63, 3.8) is 0 Å². The van der Waals surface area contributed by atoms with Crippen molar-refractivity contribution in [1.82, 2.24) is 15.5 Å². The molecule has 1 saturated heterocycles. The van der Waals surface area contributed by atoms with Crippen LogP contribution < -0.4 is 15.5 Å². The Balaban J connectivity index is 1.51. The second-order valence-corrected chi connectivity index (χ2v) is 7.77. The van der Waals surface area contributed by atoms with Gasteiger partial charge in [0.1, 0.15) is 0 Å². The zero-order chi connectivity index (χ0) is 20.1. The molecule has 1 unspecified atom stereocenters. The highest BCUT2D eigenvalue weighted by atomic mass is 16.2. The number of rotatable bonds is 4. The van der Waals surface area contributed by atoms with Crippen molar-refractivity contribution < 1.29 is 9.59 Å². The Hall–Kier alpha value is -2.57. The third kappa shape index (κ3) is 4.64. The summed E-state index contributed by atoms with van der Waals surface area (Å²) in [6, 6.07) is 8.25. The lowest BCUT2D eigenvalue weighted by Crippen LogP contribution is -2.49. The molecule has 2 heterocycles. The number of aryl methyl sites for hydroxylation is 1. The minimum Gasteiger partial charge on any atom is -0.352 e. The number of carbonyl (C=O) groups is 2. The van der Waals surface area contributed by atoms with Crippen molar-refractivity contribution in [2.45, 2.75) is 39.2 Å². The zero-order valence-corrected chi connectivity index (χ0v) is 17.1. The number of amides is 2. The Bertz CT molecular complexity index is 746. The van der Waals surface area contributed by atoms with Crippen LogP contribution in [0.5, 0.6) is 0 Å². The molecule has 2 N–H and O–H groups in total. The number of para-hydroxylation sites is 1. The summed E-state index contributed by atoms with van der Waals surface area (Å²) in [6.07, 6.45) is 2.88. The van der Waals surface area contributed by atoms with Gasteiger partial charge in [0.15, 0.2) is 5.96 Å². The molecule has 0 aliphatic carbocycles. The number of likely N-dealkylation sites (tertiary alicyclic amines) is 1. The molecule has 0 spiro atoms. The van der Waals surface area contributed by atoms with Gasteiger partial charge in [-0.15, -0.1) is 0 Å². The highest BCUT2D eigenvalue weighted by Gasteiger charge is 2.28. The summed E-state index contributed by atoms with van der Waals surface area (Å²) in [7, 11) is 1.70. The predicted molar refractivity (Wildman–Crippen MR) is 111 cm³/mol. The molecule has 1 aromatic carbocycles. The van der Waals surface area contributed by atoms with Gasteiger partial charge in [0, 0.05) is 44.3 Å². The quantitative estimate of drug-likeness (QED) is 0.607. The van der Waals surface area contributed by atoms with Crippen molar-refractivity contribution >= 4 is 23.5 Å². The molecule has 152 valence electrons. The lowest BCUT2D eigenvalue weighted by molar-refractivity contribution is -0.133. The number of guanidine groups is 1. The second-order valence-electron chi connectivity index (χ2n) is 7.77. The lowest BCUT2D eigenvalue weighted by atomic mass is 10.0. The molecule has 0 bridgehead atoms. The molecular formula is C21H31N5O2. The van der Waals surface area contributed by atoms with E-state index in [1.807, 2.05) is 41.8 Å². The van der Waals surface area contributed by atoms with Gasteiger partial charge in [0.2, 0.25) is 11.8 Å². The molecule has 0 saturated carbocycles. The van der Waals surface area contributed by atoms with Crippen LogP contribution >= 0.6 is 0 Å². The third-order valence-electron chi connectivity index (χ3n) is 5.38. The van der Waals surface area contributed by atoms with E-state index in [4.69, 9.17) is 0 Å². The van der Waals surface area contributed by atoms with Crippen molar-refractivity contribution in [2.24, 2.45) is 10.9 Å². The summed E-state index contributed by atoms with van der Waals surface area (Å²) in [5, 5.41) is 6.48. The minimum atomic E-state index is 0.0150. The molecule has 0 aromatic heterocycles. The number of aliphatic imine (C=N–C) groups is 1. The van der Waals surface area contributed by atoms with Crippen LogP contribution in [-0.2, 0) is 16.0 Å². The summed E-state index contributed by atoms with van der Waals surface area (Å²) in [5.41, 5.74) is 2.24. The molecule has 2 aliphatic heterocycles. The van der Waals surface area contributed by atoms with Crippen molar-refractivity contribution in [1.29, 1.82) is 0 Å². The molecule has 0 radical (unpaired) electrons. The zero-order valence-electron chi connectivity index (χ0n) is 17.1. The maximum Gasteiger partial charge on any atom is 0.246 e. The van der Waals surface area contributed by atoms with E-state index in [1.54, 1.807) is 7.05 Å². The van der Waals surface area contributed by atoms with Crippen LogP contribution in [0.4, 0.5) is 5.69 Å². The number of nitrogens with zero attached hydrogens (tertiary/aromatic N) is 3. The first kappa shape index (κ1) is 20.2. The highest BCUT2D eigenvalue weighted by Crippen LogP contribution is 2.26. The Labute approximate surface area is 167 Å². The normalized spacial score (nSPS) is 19.6. The first-order valence-electron chi connectivity index (χ1n) is 10.1. The number of nitrogens with one attached hydrogen (secondary N) is 2. The molecule has 2 amide bonds. The Morgan fingerprint density at radius 2 is 2.04 bits per heavy atom. The van der Waals surface area contributed by atoms with E-state index in [-0.39, 0.29) is 30.3 Å². The number of fused-ring (bicyclic) bond motifs is 1. The monoisotopic (exact) mass is 385 g/mol. The third-order valence-corrected chi connectivity index (χ3v) is 5.38. The van der Waals surface area contributed by atoms with Gasteiger partial charge in [-0.1, -0.05) is 32.0 Å². The summed E-state index contributed by atoms with van der Waals surface area (Å²) >= 11 is 0. The standard InChI is InChI=1S/C21H31N5O2/c1-15(2)20(28)25-12-10-17(14-25)24-21(22-3)23-13-19(27)26-11-6-8-16-7-4-5-9-18(16)26/h4-5,7,9,15,17H,6,8,10-14H2,1-3H3,(H2,22,23,24). The average molecular weight is 386 g/mol.